The van der Waals surface area contributed by atoms with Crippen LogP contribution in [0, 0.1) is 0 Å². The Kier molecular flexibility index (Phi) is 4.98. The van der Waals surface area contributed by atoms with Crippen molar-refractivity contribution < 1.29 is 9.90 Å². The molecule has 2 atom stereocenters. The van der Waals surface area contributed by atoms with Gasteiger partial charge in [0.2, 0.25) is 5.91 Å². The second-order valence-corrected chi connectivity index (χ2v) is 4.12. The quantitative estimate of drug-likeness (QED) is 0.743. The third-order valence-electron chi connectivity index (χ3n) is 2.24. The zero-order valence-electron chi connectivity index (χ0n) is 9.76. The van der Waals surface area contributed by atoms with Crippen LogP contribution in [-0.2, 0) is 11.3 Å². The van der Waals surface area contributed by atoms with E-state index in [0.29, 0.717) is 19.4 Å². The van der Waals surface area contributed by atoms with Crippen LogP contribution in [0.3, 0.4) is 0 Å². The second-order valence-electron chi connectivity index (χ2n) is 4.12. The topological polar surface area (TPSA) is 67.2 Å². The highest BCUT2D eigenvalue weighted by atomic mass is 16.3. The molecule has 5 nitrogen and oxygen atoms in total. The normalized spacial score (nSPS) is 14.4. The van der Waals surface area contributed by atoms with Crippen LogP contribution in [0.15, 0.2) is 18.7 Å². The molecule has 1 amide bonds. The van der Waals surface area contributed by atoms with Crippen molar-refractivity contribution >= 4 is 5.91 Å². The fraction of sp³-hybridized carbons (Fsp3) is 0.636. The SMILES string of the molecule is CC(O)CCC(=O)NC(C)Cn1ccnc1. The fourth-order valence-corrected chi connectivity index (χ4v) is 1.44. The van der Waals surface area contributed by atoms with Crippen molar-refractivity contribution in [3.63, 3.8) is 0 Å². The van der Waals surface area contributed by atoms with Crippen molar-refractivity contribution in [1.29, 1.82) is 0 Å². The molecular formula is C11H19N3O2. The van der Waals surface area contributed by atoms with Gasteiger partial charge in [0.05, 0.1) is 12.4 Å². The summed E-state index contributed by atoms with van der Waals surface area (Å²) in [5.74, 6) is -0.0199. The molecule has 1 heterocycles. The lowest BCUT2D eigenvalue weighted by Crippen LogP contribution is -2.35. The van der Waals surface area contributed by atoms with Gasteiger partial charge >= 0.3 is 0 Å². The standard InChI is InChI=1S/C11H19N3O2/c1-9(7-14-6-5-12-8-14)13-11(16)4-3-10(2)15/h5-6,8-10,15H,3-4,7H2,1-2H3,(H,13,16). The Morgan fingerprint density at radius 3 is 2.88 bits per heavy atom. The van der Waals surface area contributed by atoms with Gasteiger partial charge < -0.3 is 15.0 Å². The van der Waals surface area contributed by atoms with Crippen molar-refractivity contribution in [2.75, 3.05) is 0 Å². The molecule has 0 radical (unpaired) electrons. The summed E-state index contributed by atoms with van der Waals surface area (Å²) in [6.07, 6.45) is 5.74. The van der Waals surface area contributed by atoms with Crippen LogP contribution in [0.4, 0.5) is 0 Å². The van der Waals surface area contributed by atoms with Crippen LogP contribution in [-0.4, -0.2) is 32.7 Å². The molecule has 0 fully saturated rings. The first kappa shape index (κ1) is 12.7. The van der Waals surface area contributed by atoms with E-state index in [2.05, 4.69) is 10.3 Å². The van der Waals surface area contributed by atoms with Gasteiger partial charge in [-0.15, -0.1) is 0 Å². The van der Waals surface area contributed by atoms with E-state index in [1.807, 2.05) is 17.7 Å². The highest BCUT2D eigenvalue weighted by Crippen LogP contribution is 1.97. The van der Waals surface area contributed by atoms with Crippen molar-refractivity contribution in [3.8, 4) is 0 Å². The third kappa shape index (κ3) is 4.93. The van der Waals surface area contributed by atoms with Gasteiger partial charge in [-0.05, 0) is 20.3 Å². The monoisotopic (exact) mass is 225 g/mol. The minimum Gasteiger partial charge on any atom is -0.393 e. The maximum absolute atomic E-state index is 11.4. The van der Waals surface area contributed by atoms with Gasteiger partial charge in [-0.1, -0.05) is 0 Å². The summed E-state index contributed by atoms with van der Waals surface area (Å²) >= 11 is 0. The van der Waals surface area contributed by atoms with Crippen molar-refractivity contribution in [2.24, 2.45) is 0 Å². The zero-order chi connectivity index (χ0) is 12.0. The number of imidazole rings is 1. The summed E-state index contributed by atoms with van der Waals surface area (Å²) < 4.78 is 1.92. The van der Waals surface area contributed by atoms with Gasteiger partial charge in [-0.25, -0.2) is 4.98 Å². The lowest BCUT2D eigenvalue weighted by molar-refractivity contribution is -0.122. The van der Waals surface area contributed by atoms with E-state index in [-0.39, 0.29) is 11.9 Å². The number of amides is 1. The van der Waals surface area contributed by atoms with Gasteiger partial charge in [0.1, 0.15) is 0 Å². The number of carbonyl (C=O) groups is 1. The zero-order valence-corrected chi connectivity index (χ0v) is 9.76. The number of nitrogens with zero attached hydrogens (tertiary/aromatic N) is 2. The fourth-order valence-electron chi connectivity index (χ4n) is 1.44. The number of aliphatic hydroxyl groups is 1. The summed E-state index contributed by atoms with van der Waals surface area (Å²) in [7, 11) is 0. The van der Waals surface area contributed by atoms with Crippen LogP contribution in [0.2, 0.25) is 0 Å². The highest BCUT2D eigenvalue weighted by Gasteiger charge is 2.08. The number of carbonyl (C=O) groups excluding carboxylic acids is 1. The van der Waals surface area contributed by atoms with E-state index in [4.69, 9.17) is 5.11 Å². The number of hydrogen-bond acceptors (Lipinski definition) is 3. The van der Waals surface area contributed by atoms with Crippen LogP contribution >= 0.6 is 0 Å². The molecule has 0 bridgehead atoms. The van der Waals surface area contributed by atoms with E-state index in [0.717, 1.165) is 0 Å². The Balaban J connectivity index is 2.23. The molecule has 1 rings (SSSR count). The van der Waals surface area contributed by atoms with E-state index in [1.54, 1.807) is 19.4 Å². The first-order valence-corrected chi connectivity index (χ1v) is 5.51. The first-order valence-electron chi connectivity index (χ1n) is 5.51. The molecule has 1 aromatic heterocycles. The van der Waals surface area contributed by atoms with Crippen LogP contribution in [0.25, 0.3) is 0 Å². The highest BCUT2D eigenvalue weighted by molar-refractivity contribution is 5.76. The van der Waals surface area contributed by atoms with Crippen molar-refractivity contribution in [2.45, 2.75) is 45.4 Å². The molecule has 90 valence electrons. The Bertz CT molecular complexity index is 309. The number of aromatic nitrogens is 2. The van der Waals surface area contributed by atoms with Gasteiger partial charge in [-0.3, -0.25) is 4.79 Å². The largest absolute Gasteiger partial charge is 0.393 e. The van der Waals surface area contributed by atoms with Gasteiger partial charge in [0.25, 0.3) is 0 Å². The molecule has 16 heavy (non-hydrogen) atoms. The molecule has 1 aromatic rings. The Hall–Kier alpha value is -1.36. The van der Waals surface area contributed by atoms with Gasteiger partial charge in [0.15, 0.2) is 0 Å². The van der Waals surface area contributed by atoms with Crippen LogP contribution < -0.4 is 5.32 Å². The third-order valence-corrected chi connectivity index (χ3v) is 2.24. The molecule has 0 aliphatic rings. The maximum Gasteiger partial charge on any atom is 0.220 e. The molecule has 2 N–H and O–H groups in total. The van der Waals surface area contributed by atoms with E-state index < -0.39 is 6.10 Å². The number of rotatable bonds is 6. The molecule has 0 aromatic carbocycles. The van der Waals surface area contributed by atoms with E-state index in [1.165, 1.54) is 0 Å². The van der Waals surface area contributed by atoms with Gasteiger partial charge in [0, 0.05) is 31.4 Å². The summed E-state index contributed by atoms with van der Waals surface area (Å²) in [5, 5.41) is 11.9. The van der Waals surface area contributed by atoms with E-state index >= 15 is 0 Å². The van der Waals surface area contributed by atoms with Crippen LogP contribution in [0.1, 0.15) is 26.7 Å². The Morgan fingerprint density at radius 2 is 2.31 bits per heavy atom. The number of nitrogens with one attached hydrogen (secondary N) is 1. The second kappa shape index (κ2) is 6.27. The molecule has 2 unspecified atom stereocenters. The average molecular weight is 225 g/mol. The molecule has 0 aliphatic heterocycles. The minimum absolute atomic E-state index is 0.0199. The summed E-state index contributed by atoms with van der Waals surface area (Å²) in [6.45, 7) is 4.34. The van der Waals surface area contributed by atoms with Crippen molar-refractivity contribution in [1.82, 2.24) is 14.9 Å². The lowest BCUT2D eigenvalue weighted by Gasteiger charge is -2.14. The molecule has 0 aliphatic carbocycles. The Labute approximate surface area is 95.5 Å². The number of hydrogen-bond donors (Lipinski definition) is 2. The molecular weight excluding hydrogens is 206 g/mol. The summed E-state index contributed by atoms with van der Waals surface area (Å²) in [6, 6.07) is 0.0655. The maximum atomic E-state index is 11.4. The molecule has 0 spiro atoms. The minimum atomic E-state index is -0.422. The van der Waals surface area contributed by atoms with E-state index in [9.17, 15) is 4.79 Å². The van der Waals surface area contributed by atoms with Crippen LogP contribution in [0.5, 0.6) is 0 Å². The smallest absolute Gasteiger partial charge is 0.220 e. The first-order chi connectivity index (χ1) is 7.58. The average Bonchev–Trinajstić information content (AvgIpc) is 2.67. The number of aliphatic hydroxyl groups excluding tert-OH is 1. The summed E-state index contributed by atoms with van der Waals surface area (Å²) in [5.41, 5.74) is 0. The Morgan fingerprint density at radius 1 is 1.56 bits per heavy atom. The van der Waals surface area contributed by atoms with Crippen molar-refractivity contribution in [3.05, 3.63) is 18.7 Å². The predicted octanol–water partition coefficient (Wildman–Crippen LogP) is 0.549. The molecule has 0 saturated carbocycles. The molecule has 5 heteroatoms. The predicted molar refractivity (Wildman–Crippen MR) is 60.7 cm³/mol. The van der Waals surface area contributed by atoms with Gasteiger partial charge in [-0.2, -0.15) is 0 Å². The summed E-state index contributed by atoms with van der Waals surface area (Å²) in [4.78, 5) is 15.4. The lowest BCUT2D eigenvalue weighted by atomic mass is 10.2. The molecule has 0 saturated heterocycles.